The topological polar surface area (TPSA) is 21.3 Å². The second-order valence-corrected chi connectivity index (χ2v) is 6.92. The van der Waals surface area contributed by atoms with Crippen LogP contribution < -0.4 is 5.32 Å². The molecule has 120 valence electrons. The van der Waals surface area contributed by atoms with Crippen LogP contribution in [0.1, 0.15) is 51.2 Å². The smallest absolute Gasteiger partial charge is 0.0488 e. The van der Waals surface area contributed by atoms with E-state index in [-0.39, 0.29) is 0 Å². The van der Waals surface area contributed by atoms with Crippen LogP contribution in [0.3, 0.4) is 0 Å². The molecule has 0 radical (unpaired) electrons. The SMILES string of the molecule is Cc1ccc(C(CCOCC(C)C)CNCC(C)C)cc1. The minimum atomic E-state index is 0.538. The van der Waals surface area contributed by atoms with Gasteiger partial charge in [-0.1, -0.05) is 57.5 Å². The molecule has 0 saturated carbocycles. The van der Waals surface area contributed by atoms with Gasteiger partial charge < -0.3 is 10.1 Å². The first kappa shape index (κ1) is 18.2. The lowest BCUT2D eigenvalue weighted by Gasteiger charge is -2.19. The zero-order chi connectivity index (χ0) is 15.7. The van der Waals surface area contributed by atoms with Crippen LogP contribution in [0, 0.1) is 18.8 Å². The number of nitrogens with one attached hydrogen (secondary N) is 1. The molecule has 2 heteroatoms. The zero-order valence-electron chi connectivity index (χ0n) is 14.5. The van der Waals surface area contributed by atoms with Crippen molar-refractivity contribution in [3.63, 3.8) is 0 Å². The second kappa shape index (κ2) is 9.97. The van der Waals surface area contributed by atoms with Gasteiger partial charge in [-0.15, -0.1) is 0 Å². The van der Waals surface area contributed by atoms with Crippen molar-refractivity contribution in [2.75, 3.05) is 26.3 Å². The first-order valence-corrected chi connectivity index (χ1v) is 8.34. The van der Waals surface area contributed by atoms with E-state index in [1.165, 1.54) is 11.1 Å². The van der Waals surface area contributed by atoms with E-state index in [2.05, 4.69) is 64.2 Å². The van der Waals surface area contributed by atoms with Crippen molar-refractivity contribution < 1.29 is 4.74 Å². The number of hydrogen-bond donors (Lipinski definition) is 1. The second-order valence-electron chi connectivity index (χ2n) is 6.92. The molecule has 0 heterocycles. The van der Waals surface area contributed by atoms with E-state index >= 15 is 0 Å². The fourth-order valence-electron chi connectivity index (χ4n) is 2.32. The summed E-state index contributed by atoms with van der Waals surface area (Å²) in [5.41, 5.74) is 2.74. The lowest BCUT2D eigenvalue weighted by Crippen LogP contribution is -2.26. The molecule has 1 N–H and O–H groups in total. The van der Waals surface area contributed by atoms with Crippen LogP contribution in [0.15, 0.2) is 24.3 Å². The number of benzene rings is 1. The molecule has 1 atom stereocenters. The molecule has 0 spiro atoms. The van der Waals surface area contributed by atoms with E-state index in [4.69, 9.17) is 4.74 Å². The summed E-state index contributed by atoms with van der Waals surface area (Å²) in [6.07, 6.45) is 1.08. The summed E-state index contributed by atoms with van der Waals surface area (Å²) < 4.78 is 5.77. The Labute approximate surface area is 131 Å². The number of hydrogen-bond acceptors (Lipinski definition) is 2. The maximum atomic E-state index is 5.77. The van der Waals surface area contributed by atoms with Crippen LogP contribution in [-0.4, -0.2) is 26.3 Å². The third-order valence-corrected chi connectivity index (χ3v) is 3.55. The van der Waals surface area contributed by atoms with Crippen LogP contribution >= 0.6 is 0 Å². The van der Waals surface area contributed by atoms with Gasteiger partial charge in [-0.2, -0.15) is 0 Å². The molecule has 0 aliphatic carbocycles. The fraction of sp³-hybridized carbons (Fsp3) is 0.684. The highest BCUT2D eigenvalue weighted by molar-refractivity contribution is 5.24. The predicted molar refractivity (Wildman–Crippen MR) is 91.9 cm³/mol. The van der Waals surface area contributed by atoms with Crippen molar-refractivity contribution in [1.29, 1.82) is 0 Å². The predicted octanol–water partition coefficient (Wildman–Crippen LogP) is 4.39. The van der Waals surface area contributed by atoms with Gasteiger partial charge in [-0.25, -0.2) is 0 Å². The third-order valence-electron chi connectivity index (χ3n) is 3.55. The average molecular weight is 291 g/mol. The summed E-state index contributed by atoms with van der Waals surface area (Å²) in [5, 5.41) is 3.59. The van der Waals surface area contributed by atoms with Crippen LogP contribution in [0.5, 0.6) is 0 Å². The Bertz CT molecular complexity index is 370. The maximum Gasteiger partial charge on any atom is 0.0488 e. The van der Waals surface area contributed by atoms with Crippen molar-refractivity contribution in [3.05, 3.63) is 35.4 Å². The van der Waals surface area contributed by atoms with Gasteiger partial charge in [0.2, 0.25) is 0 Å². The van der Waals surface area contributed by atoms with Gasteiger partial charge in [0.1, 0.15) is 0 Å². The van der Waals surface area contributed by atoms with E-state index in [9.17, 15) is 0 Å². The van der Waals surface area contributed by atoms with Gasteiger partial charge in [0.05, 0.1) is 0 Å². The molecule has 0 aliphatic rings. The summed E-state index contributed by atoms with van der Waals surface area (Å²) in [4.78, 5) is 0. The number of aryl methyl sites for hydroxylation is 1. The van der Waals surface area contributed by atoms with Crippen molar-refractivity contribution in [3.8, 4) is 0 Å². The van der Waals surface area contributed by atoms with Crippen molar-refractivity contribution in [2.24, 2.45) is 11.8 Å². The molecule has 0 aliphatic heterocycles. The average Bonchev–Trinajstić information content (AvgIpc) is 2.42. The molecule has 1 rings (SSSR count). The first-order valence-electron chi connectivity index (χ1n) is 8.34. The fourth-order valence-corrected chi connectivity index (χ4v) is 2.32. The Morgan fingerprint density at radius 2 is 1.62 bits per heavy atom. The summed E-state index contributed by atoms with van der Waals surface area (Å²) in [6, 6.07) is 8.94. The molecule has 1 unspecified atom stereocenters. The number of rotatable bonds is 10. The first-order chi connectivity index (χ1) is 9.99. The highest BCUT2D eigenvalue weighted by Crippen LogP contribution is 2.20. The van der Waals surface area contributed by atoms with Gasteiger partial charge >= 0.3 is 0 Å². The Hall–Kier alpha value is -0.860. The van der Waals surface area contributed by atoms with Gasteiger partial charge in [-0.3, -0.25) is 0 Å². The summed E-state index contributed by atoms with van der Waals surface area (Å²) in [6.45, 7) is 14.9. The monoisotopic (exact) mass is 291 g/mol. The maximum absolute atomic E-state index is 5.77. The third kappa shape index (κ3) is 8.23. The van der Waals surface area contributed by atoms with Crippen LogP contribution in [0.25, 0.3) is 0 Å². The number of ether oxygens (including phenoxy) is 1. The van der Waals surface area contributed by atoms with Gasteiger partial charge in [0.25, 0.3) is 0 Å². The van der Waals surface area contributed by atoms with E-state index < -0.39 is 0 Å². The quantitative estimate of drug-likeness (QED) is 0.646. The summed E-state index contributed by atoms with van der Waals surface area (Å²) in [7, 11) is 0. The lowest BCUT2D eigenvalue weighted by atomic mass is 9.95. The molecule has 1 aromatic carbocycles. The van der Waals surface area contributed by atoms with Gasteiger partial charge in [0.15, 0.2) is 0 Å². The Morgan fingerprint density at radius 3 is 2.19 bits per heavy atom. The highest BCUT2D eigenvalue weighted by Gasteiger charge is 2.11. The lowest BCUT2D eigenvalue weighted by molar-refractivity contribution is 0.103. The largest absolute Gasteiger partial charge is 0.381 e. The molecule has 21 heavy (non-hydrogen) atoms. The standard InChI is InChI=1S/C19H33NO/c1-15(2)12-20-13-19(10-11-21-14-16(3)4)18-8-6-17(5)7-9-18/h6-9,15-16,19-20H,10-14H2,1-5H3. The van der Waals surface area contributed by atoms with Crippen molar-refractivity contribution >= 4 is 0 Å². The van der Waals surface area contributed by atoms with Crippen LogP contribution in [0.4, 0.5) is 0 Å². The van der Waals surface area contributed by atoms with Gasteiger partial charge in [-0.05, 0) is 43.2 Å². The van der Waals surface area contributed by atoms with Gasteiger partial charge in [0, 0.05) is 19.8 Å². The molecule has 0 saturated heterocycles. The van der Waals surface area contributed by atoms with Crippen LogP contribution in [-0.2, 0) is 4.74 Å². The molecule has 0 amide bonds. The molecule has 0 bridgehead atoms. The summed E-state index contributed by atoms with van der Waals surface area (Å²) in [5.74, 6) is 1.85. The Morgan fingerprint density at radius 1 is 0.952 bits per heavy atom. The molecule has 0 aromatic heterocycles. The zero-order valence-corrected chi connectivity index (χ0v) is 14.5. The Balaban J connectivity index is 2.50. The highest BCUT2D eigenvalue weighted by atomic mass is 16.5. The molecular weight excluding hydrogens is 258 g/mol. The van der Waals surface area contributed by atoms with Crippen LogP contribution in [0.2, 0.25) is 0 Å². The molecule has 2 nitrogen and oxygen atoms in total. The molecule has 0 fully saturated rings. The minimum absolute atomic E-state index is 0.538. The van der Waals surface area contributed by atoms with E-state index in [0.29, 0.717) is 17.8 Å². The van der Waals surface area contributed by atoms with Crippen molar-refractivity contribution in [2.45, 2.75) is 47.0 Å². The molecule has 1 aromatic rings. The van der Waals surface area contributed by atoms with E-state index in [0.717, 1.165) is 32.7 Å². The molecular formula is C19H33NO. The Kier molecular flexibility index (Phi) is 8.63. The minimum Gasteiger partial charge on any atom is -0.381 e. The van der Waals surface area contributed by atoms with E-state index in [1.807, 2.05) is 0 Å². The van der Waals surface area contributed by atoms with Crippen molar-refractivity contribution in [1.82, 2.24) is 5.32 Å². The normalized spacial score (nSPS) is 13.1. The summed E-state index contributed by atoms with van der Waals surface area (Å²) >= 11 is 0. The van der Waals surface area contributed by atoms with E-state index in [1.54, 1.807) is 0 Å².